The Balaban J connectivity index is 1.97. The molecule has 0 spiro atoms. The highest BCUT2D eigenvalue weighted by Gasteiger charge is 2.34. The SMILES string of the molecule is COC1CN(Cc2nc(C(C)(C)N)no2)CC1OC. The molecule has 1 fully saturated rings. The van der Waals surface area contributed by atoms with Gasteiger partial charge in [-0.05, 0) is 13.8 Å². The maximum absolute atomic E-state index is 5.93. The monoisotopic (exact) mass is 270 g/mol. The summed E-state index contributed by atoms with van der Waals surface area (Å²) in [6, 6.07) is 0. The number of hydrogen-bond acceptors (Lipinski definition) is 7. The van der Waals surface area contributed by atoms with Crippen molar-refractivity contribution in [3.8, 4) is 0 Å². The van der Waals surface area contributed by atoms with Crippen molar-refractivity contribution in [2.45, 2.75) is 38.1 Å². The molecule has 0 radical (unpaired) electrons. The number of aromatic nitrogens is 2. The van der Waals surface area contributed by atoms with Crippen molar-refractivity contribution in [3.05, 3.63) is 11.7 Å². The Kier molecular flexibility index (Phi) is 4.19. The van der Waals surface area contributed by atoms with Gasteiger partial charge in [-0.25, -0.2) is 0 Å². The number of hydrogen-bond donors (Lipinski definition) is 1. The molecule has 1 aromatic rings. The van der Waals surface area contributed by atoms with E-state index in [1.165, 1.54) is 0 Å². The average molecular weight is 270 g/mol. The van der Waals surface area contributed by atoms with Crippen LogP contribution in [-0.4, -0.2) is 54.6 Å². The Morgan fingerprint density at radius 3 is 2.32 bits per heavy atom. The van der Waals surface area contributed by atoms with Crippen LogP contribution in [0.1, 0.15) is 25.6 Å². The van der Waals surface area contributed by atoms with Crippen molar-refractivity contribution in [2.24, 2.45) is 5.73 Å². The first-order valence-electron chi connectivity index (χ1n) is 6.34. The highest BCUT2D eigenvalue weighted by atomic mass is 16.5. The summed E-state index contributed by atoms with van der Waals surface area (Å²) in [5.41, 5.74) is 5.34. The predicted molar refractivity (Wildman–Crippen MR) is 68.4 cm³/mol. The first-order chi connectivity index (χ1) is 8.94. The van der Waals surface area contributed by atoms with E-state index in [4.69, 9.17) is 19.7 Å². The van der Waals surface area contributed by atoms with Crippen LogP contribution in [0.15, 0.2) is 4.52 Å². The maximum atomic E-state index is 5.93. The van der Waals surface area contributed by atoms with Crippen molar-refractivity contribution < 1.29 is 14.0 Å². The lowest BCUT2D eigenvalue weighted by molar-refractivity contribution is -0.00461. The van der Waals surface area contributed by atoms with E-state index >= 15 is 0 Å². The van der Waals surface area contributed by atoms with Crippen LogP contribution in [-0.2, 0) is 21.6 Å². The van der Waals surface area contributed by atoms with Crippen LogP contribution >= 0.6 is 0 Å². The summed E-state index contributed by atoms with van der Waals surface area (Å²) < 4.78 is 16.0. The number of ether oxygens (including phenoxy) is 2. The van der Waals surface area contributed by atoms with Gasteiger partial charge in [-0.2, -0.15) is 4.98 Å². The van der Waals surface area contributed by atoms with Crippen LogP contribution in [0.4, 0.5) is 0 Å². The number of rotatable bonds is 5. The molecular weight excluding hydrogens is 248 g/mol. The van der Waals surface area contributed by atoms with Crippen molar-refractivity contribution >= 4 is 0 Å². The van der Waals surface area contributed by atoms with Crippen molar-refractivity contribution in [3.63, 3.8) is 0 Å². The first-order valence-corrected chi connectivity index (χ1v) is 6.34. The van der Waals surface area contributed by atoms with Crippen LogP contribution in [0.2, 0.25) is 0 Å². The summed E-state index contributed by atoms with van der Waals surface area (Å²) in [6.45, 7) is 5.86. The van der Waals surface area contributed by atoms with E-state index in [2.05, 4.69) is 15.0 Å². The second-order valence-electron chi connectivity index (χ2n) is 5.48. The molecule has 0 amide bonds. The molecule has 0 aromatic carbocycles. The van der Waals surface area contributed by atoms with Gasteiger partial charge in [-0.1, -0.05) is 5.16 Å². The fraction of sp³-hybridized carbons (Fsp3) is 0.833. The molecule has 2 atom stereocenters. The second-order valence-corrected chi connectivity index (χ2v) is 5.48. The van der Waals surface area contributed by atoms with Crippen molar-refractivity contribution in [1.29, 1.82) is 0 Å². The van der Waals surface area contributed by atoms with Gasteiger partial charge in [0, 0.05) is 27.3 Å². The summed E-state index contributed by atoms with van der Waals surface area (Å²) in [4.78, 5) is 6.49. The third-order valence-corrected chi connectivity index (χ3v) is 3.30. The van der Waals surface area contributed by atoms with Gasteiger partial charge < -0.3 is 19.7 Å². The Morgan fingerprint density at radius 2 is 1.89 bits per heavy atom. The van der Waals surface area contributed by atoms with Gasteiger partial charge in [-0.15, -0.1) is 0 Å². The topological polar surface area (TPSA) is 86.6 Å². The molecule has 7 nitrogen and oxygen atoms in total. The van der Waals surface area contributed by atoms with E-state index in [9.17, 15) is 0 Å². The zero-order valence-electron chi connectivity index (χ0n) is 11.9. The maximum Gasteiger partial charge on any atom is 0.240 e. The van der Waals surface area contributed by atoms with Gasteiger partial charge in [0.2, 0.25) is 5.89 Å². The van der Waals surface area contributed by atoms with E-state index in [1.807, 2.05) is 13.8 Å². The fourth-order valence-corrected chi connectivity index (χ4v) is 2.17. The van der Waals surface area contributed by atoms with Crippen molar-refractivity contribution in [2.75, 3.05) is 27.3 Å². The van der Waals surface area contributed by atoms with Crippen LogP contribution in [0.5, 0.6) is 0 Å². The normalized spacial score (nSPS) is 25.1. The van der Waals surface area contributed by atoms with Crippen LogP contribution in [0.3, 0.4) is 0 Å². The zero-order valence-corrected chi connectivity index (χ0v) is 11.9. The minimum Gasteiger partial charge on any atom is -0.377 e. The summed E-state index contributed by atoms with van der Waals surface area (Å²) in [6.07, 6.45) is 0.164. The van der Waals surface area contributed by atoms with Gasteiger partial charge in [0.1, 0.15) is 0 Å². The van der Waals surface area contributed by atoms with Crippen LogP contribution < -0.4 is 5.73 Å². The fourth-order valence-electron chi connectivity index (χ4n) is 2.17. The van der Waals surface area contributed by atoms with Gasteiger partial charge in [0.15, 0.2) is 5.82 Å². The number of nitrogens with two attached hydrogens (primary N) is 1. The average Bonchev–Trinajstić information content (AvgIpc) is 2.95. The zero-order chi connectivity index (χ0) is 14.0. The van der Waals surface area contributed by atoms with E-state index in [1.54, 1.807) is 14.2 Å². The van der Waals surface area contributed by atoms with E-state index < -0.39 is 5.54 Å². The first kappa shape index (κ1) is 14.4. The van der Waals surface area contributed by atoms with Crippen LogP contribution in [0.25, 0.3) is 0 Å². The minimum atomic E-state index is -0.586. The molecule has 2 heterocycles. The largest absolute Gasteiger partial charge is 0.377 e. The number of methoxy groups -OCH3 is 2. The minimum absolute atomic E-state index is 0.0818. The highest BCUT2D eigenvalue weighted by molar-refractivity contribution is 4.99. The highest BCUT2D eigenvalue weighted by Crippen LogP contribution is 2.19. The van der Waals surface area contributed by atoms with Gasteiger partial charge in [0.05, 0.1) is 24.3 Å². The third kappa shape index (κ3) is 3.30. The number of nitrogens with zero attached hydrogens (tertiary/aromatic N) is 3. The standard InChI is InChI=1S/C12H22N4O3/c1-12(2,13)11-14-10(19-15-11)7-16-5-8(17-3)9(6-16)18-4/h8-9H,5-7,13H2,1-4H3. The number of likely N-dealkylation sites (tertiary alicyclic amines) is 1. The molecule has 2 N–H and O–H groups in total. The van der Waals surface area contributed by atoms with E-state index in [0.717, 1.165) is 13.1 Å². The van der Waals surface area contributed by atoms with E-state index in [0.29, 0.717) is 18.3 Å². The van der Waals surface area contributed by atoms with Gasteiger partial charge in [-0.3, -0.25) is 4.90 Å². The molecular formula is C12H22N4O3. The van der Waals surface area contributed by atoms with Crippen molar-refractivity contribution in [1.82, 2.24) is 15.0 Å². The third-order valence-electron chi connectivity index (χ3n) is 3.30. The molecule has 108 valence electrons. The smallest absolute Gasteiger partial charge is 0.240 e. The Labute approximate surface area is 113 Å². The van der Waals surface area contributed by atoms with E-state index in [-0.39, 0.29) is 12.2 Å². The molecule has 0 bridgehead atoms. The quantitative estimate of drug-likeness (QED) is 0.812. The Hall–Kier alpha value is -1.02. The molecule has 2 rings (SSSR count). The molecule has 7 heteroatoms. The molecule has 0 aliphatic carbocycles. The van der Waals surface area contributed by atoms with Gasteiger partial charge in [0.25, 0.3) is 0 Å². The molecule has 2 unspecified atom stereocenters. The molecule has 0 saturated carbocycles. The van der Waals surface area contributed by atoms with Gasteiger partial charge >= 0.3 is 0 Å². The Morgan fingerprint density at radius 1 is 1.32 bits per heavy atom. The summed E-state index contributed by atoms with van der Waals surface area (Å²) in [5.74, 6) is 1.09. The predicted octanol–water partition coefficient (Wildman–Crippen LogP) is 0.109. The summed E-state index contributed by atoms with van der Waals surface area (Å²) in [5, 5.41) is 3.91. The molecule has 19 heavy (non-hydrogen) atoms. The molecule has 1 aliphatic rings. The molecule has 1 aliphatic heterocycles. The van der Waals surface area contributed by atoms with Crippen LogP contribution in [0, 0.1) is 0 Å². The lowest BCUT2D eigenvalue weighted by Crippen LogP contribution is -2.30. The molecule has 1 saturated heterocycles. The Bertz CT molecular complexity index is 403. The summed E-state index contributed by atoms with van der Waals surface area (Å²) >= 11 is 0. The lowest BCUT2D eigenvalue weighted by Gasteiger charge is -2.13. The summed E-state index contributed by atoms with van der Waals surface area (Å²) in [7, 11) is 3.39. The lowest BCUT2D eigenvalue weighted by atomic mass is 10.1. The second kappa shape index (κ2) is 5.54. The molecule has 1 aromatic heterocycles.